The second-order valence-electron chi connectivity index (χ2n) is 13.8. The molecule has 4 heteroatoms. The summed E-state index contributed by atoms with van der Waals surface area (Å²) >= 11 is 0. The lowest BCUT2D eigenvalue weighted by Gasteiger charge is -2.09. The van der Waals surface area contributed by atoms with Crippen molar-refractivity contribution in [2.75, 3.05) is 0 Å². The molecule has 270 valence electrons. The molecule has 57 heavy (non-hydrogen) atoms. The first-order valence-electron chi connectivity index (χ1n) is 18.9. The zero-order chi connectivity index (χ0) is 38.6. The van der Waals surface area contributed by atoms with Crippen LogP contribution in [0.1, 0.15) is 22.5 Å². The Hall–Kier alpha value is -7.69. The number of aliphatic imine (C=N–C) groups is 2. The fraction of sp³-hybridized carbons (Fsp3) is 0. The summed E-state index contributed by atoms with van der Waals surface area (Å²) in [6, 6.07) is 62.3. The van der Waals surface area contributed by atoms with Crippen LogP contribution in [-0.2, 0) is 0 Å². The molecule has 0 fully saturated rings. The van der Waals surface area contributed by atoms with Gasteiger partial charge in [-0.05, 0) is 73.1 Å². The van der Waals surface area contributed by atoms with Gasteiger partial charge in [-0.1, -0.05) is 189 Å². The van der Waals surface area contributed by atoms with Crippen LogP contribution < -0.4 is 0 Å². The van der Waals surface area contributed by atoms with Crippen molar-refractivity contribution in [2.24, 2.45) is 9.98 Å². The van der Waals surface area contributed by atoms with Gasteiger partial charge in [-0.15, -0.1) is 0 Å². The second kappa shape index (κ2) is 15.6. The highest BCUT2D eigenvalue weighted by Gasteiger charge is 2.17. The Morgan fingerprint density at radius 1 is 0.544 bits per heavy atom. The normalized spacial score (nSPS) is 12.0. The van der Waals surface area contributed by atoms with Crippen LogP contribution >= 0.6 is 0 Å². The molecule has 0 bridgehead atoms. The smallest absolute Gasteiger partial charge is 0.161 e. The van der Waals surface area contributed by atoms with Crippen molar-refractivity contribution >= 4 is 56.5 Å². The predicted molar refractivity (Wildman–Crippen MR) is 241 cm³/mol. The van der Waals surface area contributed by atoms with Crippen LogP contribution in [0.15, 0.2) is 215 Å². The van der Waals surface area contributed by atoms with E-state index in [1.54, 1.807) is 6.08 Å². The van der Waals surface area contributed by atoms with Crippen molar-refractivity contribution in [3.63, 3.8) is 0 Å². The van der Waals surface area contributed by atoms with Crippen molar-refractivity contribution < 1.29 is 4.42 Å². The monoisotopic (exact) mass is 731 g/mol. The topological polar surface area (TPSA) is 61.7 Å². The summed E-state index contributed by atoms with van der Waals surface area (Å²) in [7, 11) is 0. The van der Waals surface area contributed by atoms with Gasteiger partial charge in [0, 0.05) is 28.3 Å². The Kier molecular flexibility index (Phi) is 9.58. The van der Waals surface area contributed by atoms with Crippen LogP contribution in [0.4, 0.5) is 0 Å². The lowest BCUT2D eigenvalue weighted by Crippen LogP contribution is -2.05. The minimum Gasteiger partial charge on any atom is -0.456 e. The minimum atomic E-state index is 0.119. The number of hydrogen-bond acceptors (Lipinski definition) is 2. The van der Waals surface area contributed by atoms with Crippen LogP contribution in [0.25, 0.3) is 72.0 Å². The summed E-state index contributed by atoms with van der Waals surface area (Å²) in [4.78, 5) is 9.99. The van der Waals surface area contributed by atoms with Crippen LogP contribution in [0, 0.1) is 5.41 Å². The van der Waals surface area contributed by atoms with Crippen molar-refractivity contribution in [2.45, 2.75) is 0 Å². The average molecular weight is 732 g/mol. The van der Waals surface area contributed by atoms with Gasteiger partial charge in [0.1, 0.15) is 11.3 Å². The van der Waals surface area contributed by atoms with E-state index in [0.29, 0.717) is 17.2 Å². The first-order valence-corrected chi connectivity index (χ1v) is 18.9. The van der Waals surface area contributed by atoms with Crippen molar-refractivity contribution in [3.05, 3.63) is 223 Å². The third-order valence-corrected chi connectivity index (χ3v) is 10.3. The van der Waals surface area contributed by atoms with Crippen LogP contribution in [0.5, 0.6) is 0 Å². The van der Waals surface area contributed by atoms with Gasteiger partial charge in [-0.2, -0.15) is 0 Å². The highest BCUT2D eigenvalue weighted by Crippen LogP contribution is 2.36. The van der Waals surface area contributed by atoms with Gasteiger partial charge in [0.15, 0.2) is 11.7 Å². The predicted octanol–water partition coefficient (Wildman–Crippen LogP) is 13.8. The van der Waals surface area contributed by atoms with Crippen LogP contribution in [0.3, 0.4) is 0 Å². The molecule has 1 heterocycles. The number of nitrogens with one attached hydrogen (secondary N) is 1. The first-order chi connectivity index (χ1) is 28.1. The zero-order valence-corrected chi connectivity index (χ0v) is 31.1. The van der Waals surface area contributed by atoms with E-state index in [1.165, 1.54) is 16.3 Å². The number of amidine groups is 2. The highest BCUT2D eigenvalue weighted by molar-refractivity contribution is 6.16. The average Bonchev–Trinajstić information content (AvgIpc) is 3.64. The highest BCUT2D eigenvalue weighted by atomic mass is 16.3. The standard InChI is InChI=1S/C53H37N3O/c1-2-3-22-49-48(51-47(21-12-23-50(51)57-49)41-27-24-38(25-28-41)36-13-5-4-6-14-36)35-55-53(56-52(54)44-33-26-37-15-7-8-17-43(37)34-44)42-31-29-40(30-32-42)46-20-11-18-39-16-9-10-19-45(39)46/h2-35,54H,1H2/b22-3-,54-52?,55-35?,56-53?. The molecule has 0 amide bonds. The van der Waals surface area contributed by atoms with E-state index in [0.717, 1.165) is 60.7 Å². The number of rotatable bonds is 8. The van der Waals surface area contributed by atoms with Gasteiger partial charge in [0.2, 0.25) is 0 Å². The molecule has 0 atom stereocenters. The molecule has 4 nitrogen and oxygen atoms in total. The minimum absolute atomic E-state index is 0.119. The summed E-state index contributed by atoms with van der Waals surface area (Å²) in [5, 5.41) is 14.7. The Morgan fingerprint density at radius 3 is 1.96 bits per heavy atom. The van der Waals surface area contributed by atoms with Crippen LogP contribution in [-0.4, -0.2) is 17.9 Å². The van der Waals surface area contributed by atoms with E-state index in [2.05, 4.69) is 128 Å². The maximum atomic E-state index is 9.19. The molecule has 1 N–H and O–H groups in total. The third kappa shape index (κ3) is 7.16. The summed E-state index contributed by atoms with van der Waals surface area (Å²) in [6.45, 7) is 3.89. The quantitative estimate of drug-likeness (QED) is 0.0944. The van der Waals surface area contributed by atoms with Gasteiger partial charge < -0.3 is 4.42 Å². The van der Waals surface area contributed by atoms with E-state index in [1.807, 2.05) is 79.0 Å². The number of furan rings is 1. The molecular weight excluding hydrogens is 695 g/mol. The fourth-order valence-corrected chi connectivity index (χ4v) is 7.39. The Balaban J connectivity index is 1.16. The van der Waals surface area contributed by atoms with Gasteiger partial charge in [-0.3, -0.25) is 5.41 Å². The molecule has 0 unspecified atom stereocenters. The number of fused-ring (bicyclic) bond motifs is 3. The summed E-state index contributed by atoms with van der Waals surface area (Å²) in [5.41, 5.74) is 9.69. The lowest BCUT2D eigenvalue weighted by molar-refractivity contribution is 0.603. The van der Waals surface area contributed by atoms with Gasteiger partial charge >= 0.3 is 0 Å². The lowest BCUT2D eigenvalue weighted by atomic mass is 9.96. The molecule has 0 aliphatic rings. The fourth-order valence-electron chi connectivity index (χ4n) is 7.39. The van der Waals surface area contributed by atoms with E-state index < -0.39 is 0 Å². The summed E-state index contributed by atoms with van der Waals surface area (Å²) in [5.74, 6) is 1.18. The molecule has 9 aromatic rings. The zero-order valence-electron chi connectivity index (χ0n) is 31.1. The maximum Gasteiger partial charge on any atom is 0.161 e. The van der Waals surface area contributed by atoms with E-state index in [-0.39, 0.29) is 5.84 Å². The van der Waals surface area contributed by atoms with Crippen molar-refractivity contribution in [1.82, 2.24) is 0 Å². The van der Waals surface area contributed by atoms with Crippen molar-refractivity contribution in [3.8, 4) is 33.4 Å². The SMILES string of the molecule is C=C/C=C\c1oc2cccc(-c3ccc(-c4ccccc4)cc3)c2c1C=NC(=NC(=N)c1ccc2ccccc2c1)c1ccc(-c2cccc3ccccc23)cc1. The molecule has 8 aromatic carbocycles. The molecule has 1 aromatic heterocycles. The molecule has 0 saturated carbocycles. The Labute approximate surface area is 331 Å². The molecule has 9 rings (SSSR count). The summed E-state index contributed by atoms with van der Waals surface area (Å²) < 4.78 is 6.48. The Bertz CT molecular complexity index is 3020. The maximum absolute atomic E-state index is 9.19. The van der Waals surface area contributed by atoms with Gasteiger partial charge in [0.25, 0.3) is 0 Å². The number of allylic oxidation sites excluding steroid dienone is 2. The van der Waals surface area contributed by atoms with Crippen molar-refractivity contribution in [1.29, 1.82) is 5.41 Å². The van der Waals surface area contributed by atoms with Crippen LogP contribution in [0.2, 0.25) is 0 Å². The number of hydrogen-bond donors (Lipinski definition) is 1. The molecule has 0 aliphatic heterocycles. The van der Waals surface area contributed by atoms with E-state index in [9.17, 15) is 5.41 Å². The largest absolute Gasteiger partial charge is 0.456 e. The third-order valence-electron chi connectivity index (χ3n) is 10.3. The van der Waals surface area contributed by atoms with E-state index >= 15 is 0 Å². The van der Waals surface area contributed by atoms with Gasteiger partial charge in [0.05, 0.1) is 0 Å². The van der Waals surface area contributed by atoms with Gasteiger partial charge in [-0.25, -0.2) is 9.98 Å². The first kappa shape index (κ1) is 35.0. The summed E-state index contributed by atoms with van der Waals surface area (Å²) in [6.07, 6.45) is 7.32. The number of benzene rings is 8. The van der Waals surface area contributed by atoms with E-state index in [4.69, 9.17) is 14.4 Å². The molecule has 0 spiro atoms. The second-order valence-corrected chi connectivity index (χ2v) is 13.8. The number of nitrogens with zero attached hydrogens (tertiary/aromatic N) is 2. The molecule has 0 saturated heterocycles. The Morgan fingerprint density at radius 2 is 1.16 bits per heavy atom. The molecule has 0 aliphatic carbocycles. The molecular formula is C53H37N3O. The molecule has 0 radical (unpaired) electrons.